The van der Waals surface area contributed by atoms with E-state index in [1.165, 1.54) is 6.26 Å². The molecule has 0 aliphatic rings. The molecule has 6 nitrogen and oxygen atoms in total. The summed E-state index contributed by atoms with van der Waals surface area (Å²) < 4.78 is 24.6. The van der Waals surface area contributed by atoms with E-state index in [-0.39, 0.29) is 6.61 Å². The largest absolute Gasteiger partial charge is 0.394 e. The lowest BCUT2D eigenvalue weighted by Gasteiger charge is -2.12. The van der Waals surface area contributed by atoms with Crippen LogP contribution >= 0.6 is 0 Å². The van der Waals surface area contributed by atoms with Crippen molar-refractivity contribution in [3.8, 4) is 0 Å². The predicted octanol–water partition coefficient (Wildman–Crippen LogP) is 0.327. The Morgan fingerprint density at radius 3 is 2.55 bits per heavy atom. The van der Waals surface area contributed by atoms with E-state index in [0.717, 1.165) is 11.3 Å². The van der Waals surface area contributed by atoms with Crippen LogP contribution in [-0.2, 0) is 16.4 Å². The first-order chi connectivity index (χ1) is 9.41. The van der Waals surface area contributed by atoms with E-state index in [1.807, 2.05) is 4.57 Å². The molecule has 108 valence electrons. The standard InChI is InChI=1S/C13H17N3O3S/c1-20(18,19)11-4-2-10(3-5-11)7-16-9-15-6-13(16)12(14)8-17/h2-6,9,12,17H,7-8,14H2,1H3. The topological polar surface area (TPSA) is 98.2 Å². The highest BCUT2D eigenvalue weighted by molar-refractivity contribution is 7.90. The number of aliphatic hydroxyl groups excluding tert-OH is 1. The molecule has 7 heteroatoms. The summed E-state index contributed by atoms with van der Waals surface area (Å²) in [6.45, 7) is 0.367. The van der Waals surface area contributed by atoms with Crippen LogP contribution in [0, 0.1) is 0 Å². The molecule has 0 spiro atoms. The molecule has 2 rings (SSSR count). The van der Waals surface area contributed by atoms with Crippen molar-refractivity contribution in [3.63, 3.8) is 0 Å². The third-order valence-corrected chi connectivity index (χ3v) is 4.15. The summed E-state index contributed by atoms with van der Waals surface area (Å²) in [5.74, 6) is 0. The van der Waals surface area contributed by atoms with E-state index in [9.17, 15) is 8.42 Å². The van der Waals surface area contributed by atoms with E-state index in [1.54, 1.807) is 36.8 Å². The minimum atomic E-state index is -3.18. The molecular formula is C13H17N3O3S. The van der Waals surface area contributed by atoms with Gasteiger partial charge in [0.1, 0.15) is 0 Å². The van der Waals surface area contributed by atoms with Crippen LogP contribution < -0.4 is 5.73 Å². The van der Waals surface area contributed by atoms with Crippen molar-refractivity contribution in [2.24, 2.45) is 5.73 Å². The molecule has 0 saturated carbocycles. The number of benzene rings is 1. The van der Waals surface area contributed by atoms with Crippen molar-refractivity contribution in [3.05, 3.63) is 48.0 Å². The average Bonchev–Trinajstić information content (AvgIpc) is 2.85. The maximum Gasteiger partial charge on any atom is 0.175 e. The smallest absolute Gasteiger partial charge is 0.175 e. The Bertz CT molecular complexity index is 677. The van der Waals surface area contributed by atoms with Gasteiger partial charge in [-0.3, -0.25) is 0 Å². The highest BCUT2D eigenvalue weighted by Crippen LogP contribution is 2.14. The zero-order valence-electron chi connectivity index (χ0n) is 11.1. The molecule has 1 aromatic carbocycles. The first-order valence-electron chi connectivity index (χ1n) is 6.07. The fraction of sp³-hybridized carbons (Fsp3) is 0.308. The third-order valence-electron chi connectivity index (χ3n) is 3.03. The molecule has 0 fully saturated rings. The highest BCUT2D eigenvalue weighted by atomic mass is 32.2. The molecule has 1 heterocycles. The molecule has 1 atom stereocenters. The Kier molecular flexibility index (Phi) is 4.22. The van der Waals surface area contributed by atoms with Gasteiger partial charge in [0.15, 0.2) is 9.84 Å². The normalized spacial score (nSPS) is 13.3. The number of hydrogen-bond acceptors (Lipinski definition) is 5. The lowest BCUT2D eigenvalue weighted by molar-refractivity contribution is 0.263. The van der Waals surface area contributed by atoms with Gasteiger partial charge in [-0.25, -0.2) is 13.4 Å². The summed E-state index contributed by atoms with van der Waals surface area (Å²) in [5, 5.41) is 9.09. The first kappa shape index (κ1) is 14.7. The molecule has 0 radical (unpaired) electrons. The Labute approximate surface area is 117 Å². The van der Waals surface area contributed by atoms with Crippen LogP contribution in [0.4, 0.5) is 0 Å². The van der Waals surface area contributed by atoms with Crippen molar-refractivity contribution in [2.45, 2.75) is 17.5 Å². The Hall–Kier alpha value is -1.70. The van der Waals surface area contributed by atoms with Crippen LogP contribution in [0.25, 0.3) is 0 Å². The minimum Gasteiger partial charge on any atom is -0.394 e. The fourth-order valence-electron chi connectivity index (χ4n) is 1.90. The van der Waals surface area contributed by atoms with Crippen LogP contribution in [0.15, 0.2) is 41.7 Å². The zero-order valence-corrected chi connectivity index (χ0v) is 11.9. The van der Waals surface area contributed by atoms with Gasteiger partial charge in [0, 0.05) is 19.0 Å². The number of aliphatic hydroxyl groups is 1. The van der Waals surface area contributed by atoms with Crippen LogP contribution in [0.5, 0.6) is 0 Å². The second-order valence-corrected chi connectivity index (χ2v) is 6.67. The Morgan fingerprint density at radius 2 is 2.00 bits per heavy atom. The number of rotatable bonds is 5. The highest BCUT2D eigenvalue weighted by Gasteiger charge is 2.11. The molecule has 0 saturated heterocycles. The van der Waals surface area contributed by atoms with Crippen molar-refractivity contribution in [1.29, 1.82) is 0 Å². The second-order valence-electron chi connectivity index (χ2n) is 4.65. The quantitative estimate of drug-likeness (QED) is 0.828. The Balaban J connectivity index is 2.21. The van der Waals surface area contributed by atoms with Crippen LogP contribution in [-0.4, -0.2) is 35.9 Å². The molecule has 0 amide bonds. The van der Waals surface area contributed by atoms with Crippen molar-refractivity contribution in [2.75, 3.05) is 12.9 Å². The lowest BCUT2D eigenvalue weighted by Crippen LogP contribution is -2.19. The third kappa shape index (κ3) is 3.24. The molecule has 3 N–H and O–H groups in total. The van der Waals surface area contributed by atoms with Crippen molar-refractivity contribution < 1.29 is 13.5 Å². The molecule has 2 aromatic rings. The predicted molar refractivity (Wildman–Crippen MR) is 74.9 cm³/mol. The number of nitrogens with zero attached hydrogens (tertiary/aromatic N) is 2. The van der Waals surface area contributed by atoms with E-state index < -0.39 is 15.9 Å². The molecule has 0 aliphatic carbocycles. The summed E-state index contributed by atoms with van der Waals surface area (Å²) in [6.07, 6.45) is 4.43. The van der Waals surface area contributed by atoms with Crippen LogP contribution in [0.3, 0.4) is 0 Å². The number of hydrogen-bond donors (Lipinski definition) is 2. The molecule has 1 unspecified atom stereocenters. The summed E-state index contributed by atoms with van der Waals surface area (Å²) in [4.78, 5) is 4.31. The van der Waals surface area contributed by atoms with Gasteiger partial charge in [0.25, 0.3) is 0 Å². The second kappa shape index (κ2) is 5.74. The van der Waals surface area contributed by atoms with Gasteiger partial charge in [-0.05, 0) is 17.7 Å². The number of nitrogens with two attached hydrogens (primary N) is 1. The van der Waals surface area contributed by atoms with E-state index in [0.29, 0.717) is 11.4 Å². The minimum absolute atomic E-state index is 0.154. The van der Waals surface area contributed by atoms with Gasteiger partial charge in [0.2, 0.25) is 0 Å². The molecule has 0 aliphatic heterocycles. The number of imidazole rings is 1. The zero-order chi connectivity index (χ0) is 14.8. The first-order valence-corrected chi connectivity index (χ1v) is 7.96. The molecule has 0 bridgehead atoms. The van der Waals surface area contributed by atoms with Gasteiger partial charge in [-0.2, -0.15) is 0 Å². The molecular weight excluding hydrogens is 278 g/mol. The molecule has 1 aromatic heterocycles. The van der Waals surface area contributed by atoms with Gasteiger partial charge >= 0.3 is 0 Å². The van der Waals surface area contributed by atoms with Gasteiger partial charge in [0.05, 0.1) is 29.6 Å². The number of sulfone groups is 1. The summed E-state index contributed by atoms with van der Waals surface area (Å²) in [5.41, 5.74) is 7.45. The monoisotopic (exact) mass is 295 g/mol. The summed E-state index contributed by atoms with van der Waals surface area (Å²) in [7, 11) is -3.18. The van der Waals surface area contributed by atoms with Crippen molar-refractivity contribution >= 4 is 9.84 Å². The fourth-order valence-corrected chi connectivity index (χ4v) is 2.53. The lowest BCUT2D eigenvalue weighted by atomic mass is 10.2. The van der Waals surface area contributed by atoms with E-state index >= 15 is 0 Å². The number of aromatic nitrogens is 2. The maximum atomic E-state index is 11.4. The summed E-state index contributed by atoms with van der Waals surface area (Å²) in [6, 6.07) is 6.18. The van der Waals surface area contributed by atoms with Crippen LogP contribution in [0.2, 0.25) is 0 Å². The van der Waals surface area contributed by atoms with Gasteiger partial charge < -0.3 is 15.4 Å². The van der Waals surface area contributed by atoms with Crippen molar-refractivity contribution in [1.82, 2.24) is 9.55 Å². The maximum absolute atomic E-state index is 11.4. The van der Waals surface area contributed by atoms with Crippen LogP contribution in [0.1, 0.15) is 17.3 Å². The van der Waals surface area contributed by atoms with Gasteiger partial charge in [-0.15, -0.1) is 0 Å². The molecule has 20 heavy (non-hydrogen) atoms. The van der Waals surface area contributed by atoms with E-state index in [4.69, 9.17) is 10.8 Å². The average molecular weight is 295 g/mol. The summed E-state index contributed by atoms with van der Waals surface area (Å²) >= 11 is 0. The van der Waals surface area contributed by atoms with Gasteiger partial charge in [-0.1, -0.05) is 12.1 Å². The SMILES string of the molecule is CS(=O)(=O)c1ccc(Cn2cncc2C(N)CO)cc1. The Morgan fingerprint density at radius 1 is 1.35 bits per heavy atom. The van der Waals surface area contributed by atoms with E-state index in [2.05, 4.69) is 4.98 Å².